The van der Waals surface area contributed by atoms with Crippen molar-refractivity contribution < 1.29 is 9.53 Å². The van der Waals surface area contributed by atoms with E-state index in [0.29, 0.717) is 5.02 Å². The average molecular weight is 272 g/mol. The highest BCUT2D eigenvalue weighted by atomic mass is 35.5. The fraction of sp³-hybridized carbons (Fsp3) is 0.667. The lowest BCUT2D eigenvalue weighted by Gasteiger charge is -2.32. The molecule has 0 bridgehead atoms. The van der Waals surface area contributed by atoms with Crippen molar-refractivity contribution in [1.82, 2.24) is 14.7 Å². The van der Waals surface area contributed by atoms with Crippen LogP contribution in [0, 0.1) is 0 Å². The lowest BCUT2D eigenvalue weighted by Crippen LogP contribution is -2.43. The van der Waals surface area contributed by atoms with Gasteiger partial charge in [-0.2, -0.15) is 5.10 Å². The van der Waals surface area contributed by atoms with E-state index in [1.807, 2.05) is 18.9 Å². The third-order valence-corrected chi connectivity index (χ3v) is 3.61. The topological polar surface area (TPSA) is 47.4 Å². The van der Waals surface area contributed by atoms with E-state index in [1.54, 1.807) is 17.1 Å². The van der Waals surface area contributed by atoms with Crippen molar-refractivity contribution in [3.63, 3.8) is 0 Å². The van der Waals surface area contributed by atoms with Crippen LogP contribution < -0.4 is 0 Å². The number of aromatic nitrogens is 2. The van der Waals surface area contributed by atoms with Gasteiger partial charge in [0.1, 0.15) is 6.04 Å². The minimum atomic E-state index is -0.328. The first-order chi connectivity index (χ1) is 8.59. The van der Waals surface area contributed by atoms with Gasteiger partial charge in [0, 0.05) is 32.5 Å². The first-order valence-corrected chi connectivity index (χ1v) is 6.51. The summed E-state index contributed by atoms with van der Waals surface area (Å²) >= 11 is 5.81. The molecule has 1 unspecified atom stereocenters. The molecule has 1 aliphatic heterocycles. The van der Waals surface area contributed by atoms with Gasteiger partial charge in [-0.3, -0.25) is 9.48 Å². The zero-order valence-electron chi connectivity index (χ0n) is 10.7. The Hall–Kier alpha value is -1.07. The molecule has 1 aliphatic rings. The van der Waals surface area contributed by atoms with Crippen LogP contribution in [-0.4, -0.2) is 46.9 Å². The second-order valence-electron chi connectivity index (χ2n) is 4.61. The molecule has 0 spiro atoms. The number of hydrogen-bond donors (Lipinski definition) is 0. The van der Waals surface area contributed by atoms with Crippen molar-refractivity contribution in [1.29, 1.82) is 0 Å². The van der Waals surface area contributed by atoms with Gasteiger partial charge in [0.2, 0.25) is 5.91 Å². The smallest absolute Gasteiger partial charge is 0.247 e. The Labute approximate surface area is 112 Å². The van der Waals surface area contributed by atoms with Crippen LogP contribution in [-0.2, 0) is 9.53 Å². The Morgan fingerprint density at radius 2 is 2.28 bits per heavy atom. The molecule has 1 amide bonds. The highest BCUT2D eigenvalue weighted by Gasteiger charge is 2.26. The monoisotopic (exact) mass is 271 g/mol. The lowest BCUT2D eigenvalue weighted by molar-refractivity contribution is -0.137. The third-order valence-electron chi connectivity index (χ3n) is 3.41. The lowest BCUT2D eigenvalue weighted by atomic mass is 10.1. The number of carbonyl (C=O) groups is 1. The van der Waals surface area contributed by atoms with Crippen LogP contribution in [0.1, 0.15) is 25.8 Å². The quantitative estimate of drug-likeness (QED) is 0.841. The summed E-state index contributed by atoms with van der Waals surface area (Å²) in [5.74, 6) is 0.0571. The fourth-order valence-corrected chi connectivity index (χ4v) is 2.33. The number of carbonyl (C=O) groups excluding carboxylic acids is 1. The Morgan fingerprint density at radius 3 is 2.83 bits per heavy atom. The molecule has 5 nitrogen and oxygen atoms in total. The number of nitrogens with zero attached hydrogens (tertiary/aromatic N) is 3. The Bertz CT molecular complexity index is 415. The van der Waals surface area contributed by atoms with E-state index in [-0.39, 0.29) is 18.0 Å². The van der Waals surface area contributed by atoms with Gasteiger partial charge in [-0.15, -0.1) is 0 Å². The summed E-state index contributed by atoms with van der Waals surface area (Å²) in [6.45, 7) is 3.29. The molecular weight excluding hydrogens is 254 g/mol. The van der Waals surface area contributed by atoms with Crippen LogP contribution in [0.3, 0.4) is 0 Å². The van der Waals surface area contributed by atoms with Gasteiger partial charge >= 0.3 is 0 Å². The Balaban J connectivity index is 2.01. The number of rotatable bonds is 3. The molecule has 1 aromatic heterocycles. The molecule has 2 rings (SSSR count). The second kappa shape index (κ2) is 5.71. The van der Waals surface area contributed by atoms with Gasteiger partial charge in [0.05, 0.1) is 11.2 Å². The fourth-order valence-electron chi connectivity index (χ4n) is 2.19. The van der Waals surface area contributed by atoms with Crippen LogP contribution in [0.25, 0.3) is 0 Å². The van der Waals surface area contributed by atoms with E-state index >= 15 is 0 Å². The molecular formula is C12H18ClN3O2. The number of halogens is 1. The third kappa shape index (κ3) is 2.84. The van der Waals surface area contributed by atoms with Crippen LogP contribution >= 0.6 is 11.6 Å². The van der Waals surface area contributed by atoms with Gasteiger partial charge in [-0.25, -0.2) is 0 Å². The van der Waals surface area contributed by atoms with Crippen molar-refractivity contribution in [3.05, 3.63) is 17.4 Å². The summed E-state index contributed by atoms with van der Waals surface area (Å²) in [5.41, 5.74) is 0. The summed E-state index contributed by atoms with van der Waals surface area (Å²) < 4.78 is 6.90. The SMILES string of the molecule is CC(C(=O)N(C)C1CCOCC1)n1cc(Cl)cn1. The maximum atomic E-state index is 12.3. The first kappa shape index (κ1) is 13.4. The molecule has 0 aromatic carbocycles. The normalized spacial score (nSPS) is 18.6. The zero-order valence-corrected chi connectivity index (χ0v) is 11.4. The van der Waals surface area contributed by atoms with Gasteiger partial charge < -0.3 is 9.64 Å². The van der Waals surface area contributed by atoms with E-state index in [2.05, 4.69) is 5.10 Å². The Morgan fingerprint density at radius 1 is 1.61 bits per heavy atom. The van der Waals surface area contributed by atoms with Gasteiger partial charge in [-0.05, 0) is 19.8 Å². The summed E-state index contributed by atoms with van der Waals surface area (Å²) in [5, 5.41) is 4.62. The Kier molecular flexibility index (Phi) is 4.24. The largest absolute Gasteiger partial charge is 0.381 e. The van der Waals surface area contributed by atoms with E-state index in [1.165, 1.54) is 0 Å². The minimum Gasteiger partial charge on any atom is -0.381 e. The maximum Gasteiger partial charge on any atom is 0.247 e. The summed E-state index contributed by atoms with van der Waals surface area (Å²) in [4.78, 5) is 14.1. The molecule has 100 valence electrons. The van der Waals surface area contributed by atoms with Gasteiger partial charge in [0.15, 0.2) is 0 Å². The van der Waals surface area contributed by atoms with Crippen molar-refractivity contribution >= 4 is 17.5 Å². The molecule has 0 N–H and O–H groups in total. The van der Waals surface area contributed by atoms with E-state index < -0.39 is 0 Å². The van der Waals surface area contributed by atoms with Gasteiger partial charge in [0.25, 0.3) is 0 Å². The van der Waals surface area contributed by atoms with E-state index in [9.17, 15) is 4.79 Å². The molecule has 1 atom stereocenters. The molecule has 6 heteroatoms. The highest BCUT2D eigenvalue weighted by molar-refractivity contribution is 6.30. The zero-order chi connectivity index (χ0) is 13.1. The molecule has 1 saturated heterocycles. The minimum absolute atomic E-state index is 0.0571. The number of hydrogen-bond acceptors (Lipinski definition) is 3. The number of ether oxygens (including phenoxy) is 1. The summed E-state index contributed by atoms with van der Waals surface area (Å²) in [6, 6.07) is -0.0647. The van der Waals surface area contributed by atoms with Crippen LogP contribution in [0.5, 0.6) is 0 Å². The van der Waals surface area contributed by atoms with Crippen molar-refractivity contribution in [2.75, 3.05) is 20.3 Å². The number of likely N-dealkylation sites (N-methyl/N-ethyl adjacent to an activating group) is 1. The van der Waals surface area contributed by atoms with Crippen LogP contribution in [0.2, 0.25) is 5.02 Å². The standard InChI is InChI=1S/C12H18ClN3O2/c1-9(16-8-10(13)7-14-16)12(17)15(2)11-3-5-18-6-4-11/h7-9,11H,3-6H2,1-2H3. The van der Waals surface area contributed by atoms with Crippen LogP contribution in [0.15, 0.2) is 12.4 Å². The van der Waals surface area contributed by atoms with E-state index in [0.717, 1.165) is 26.1 Å². The molecule has 1 aromatic rings. The first-order valence-electron chi connectivity index (χ1n) is 6.13. The average Bonchev–Trinajstić information content (AvgIpc) is 2.84. The summed E-state index contributed by atoms with van der Waals surface area (Å²) in [6.07, 6.45) is 5.01. The molecule has 1 fully saturated rings. The molecule has 18 heavy (non-hydrogen) atoms. The molecule has 0 radical (unpaired) electrons. The summed E-state index contributed by atoms with van der Waals surface area (Å²) in [7, 11) is 1.85. The number of amides is 1. The van der Waals surface area contributed by atoms with Gasteiger partial charge in [-0.1, -0.05) is 11.6 Å². The van der Waals surface area contributed by atoms with E-state index in [4.69, 9.17) is 16.3 Å². The van der Waals surface area contributed by atoms with Crippen molar-refractivity contribution in [3.8, 4) is 0 Å². The van der Waals surface area contributed by atoms with Crippen molar-refractivity contribution in [2.45, 2.75) is 31.8 Å². The second-order valence-corrected chi connectivity index (χ2v) is 5.04. The highest BCUT2D eigenvalue weighted by Crippen LogP contribution is 2.18. The molecule has 0 saturated carbocycles. The predicted molar refractivity (Wildman–Crippen MR) is 68.6 cm³/mol. The maximum absolute atomic E-state index is 12.3. The van der Waals surface area contributed by atoms with Crippen LogP contribution in [0.4, 0.5) is 0 Å². The molecule has 2 heterocycles. The predicted octanol–water partition coefficient (Wildman–Crippen LogP) is 1.73. The van der Waals surface area contributed by atoms with Crippen molar-refractivity contribution in [2.24, 2.45) is 0 Å². The molecule has 0 aliphatic carbocycles.